The highest BCUT2D eigenvalue weighted by molar-refractivity contribution is 7.92. The lowest BCUT2D eigenvalue weighted by atomic mass is 10.1. The third-order valence-corrected chi connectivity index (χ3v) is 4.43. The van der Waals surface area contributed by atoms with Gasteiger partial charge in [-0.05, 0) is 43.7 Å². The van der Waals surface area contributed by atoms with Crippen molar-refractivity contribution in [3.8, 4) is 0 Å². The third-order valence-electron chi connectivity index (χ3n) is 3.04. The van der Waals surface area contributed by atoms with E-state index in [0.717, 1.165) is 11.1 Å². The van der Waals surface area contributed by atoms with E-state index in [0.29, 0.717) is 11.4 Å². The van der Waals surface area contributed by atoms with Crippen LogP contribution in [-0.2, 0) is 10.0 Å². The summed E-state index contributed by atoms with van der Waals surface area (Å²) in [6, 6.07) is 13.2. The van der Waals surface area contributed by atoms with E-state index in [2.05, 4.69) is 9.88 Å². The van der Waals surface area contributed by atoms with Crippen molar-refractivity contribution in [2.75, 3.05) is 4.72 Å². The van der Waals surface area contributed by atoms with Crippen molar-refractivity contribution >= 4 is 21.4 Å². The molecule has 0 amide bonds. The zero-order valence-electron chi connectivity index (χ0n) is 11.7. The highest BCUT2D eigenvalue weighted by Gasteiger charge is 2.13. The molecule has 0 unspecified atom stereocenters. The summed E-state index contributed by atoms with van der Waals surface area (Å²) in [6.07, 6.45) is 0. The first kappa shape index (κ1) is 15.1. The summed E-state index contributed by atoms with van der Waals surface area (Å²) < 4.78 is 26.9. The number of hydrogen-bond acceptors (Lipinski definition) is 4. The van der Waals surface area contributed by atoms with E-state index < -0.39 is 10.0 Å². The summed E-state index contributed by atoms with van der Waals surface area (Å²) >= 11 is 0. The summed E-state index contributed by atoms with van der Waals surface area (Å²) in [7, 11) is -3.60. The van der Waals surface area contributed by atoms with Crippen LogP contribution in [0.25, 0.3) is 0 Å². The summed E-state index contributed by atoms with van der Waals surface area (Å²) in [6.45, 7) is 3.55. The molecule has 6 heteroatoms. The normalized spacial score (nSPS) is 12.2. The van der Waals surface area contributed by atoms with E-state index in [9.17, 15) is 8.42 Å². The fourth-order valence-electron chi connectivity index (χ4n) is 1.77. The van der Waals surface area contributed by atoms with Crippen molar-refractivity contribution < 1.29 is 13.6 Å². The number of sulfonamides is 1. The molecule has 2 rings (SSSR count). The topological polar surface area (TPSA) is 78.8 Å². The first-order chi connectivity index (χ1) is 9.92. The van der Waals surface area contributed by atoms with Gasteiger partial charge < -0.3 is 5.21 Å². The molecule has 0 aliphatic rings. The minimum absolute atomic E-state index is 0.213. The van der Waals surface area contributed by atoms with Gasteiger partial charge in [-0.15, -0.1) is 0 Å². The molecule has 0 radical (unpaired) electrons. The first-order valence-electron chi connectivity index (χ1n) is 6.31. The molecule has 0 aliphatic carbocycles. The van der Waals surface area contributed by atoms with Crippen LogP contribution >= 0.6 is 0 Å². The quantitative estimate of drug-likeness (QED) is 0.518. The molecule has 0 heterocycles. The van der Waals surface area contributed by atoms with Crippen molar-refractivity contribution in [3.63, 3.8) is 0 Å². The van der Waals surface area contributed by atoms with Crippen LogP contribution in [0.4, 0.5) is 5.69 Å². The van der Waals surface area contributed by atoms with Crippen LogP contribution in [-0.4, -0.2) is 19.3 Å². The Labute approximate surface area is 124 Å². The molecule has 0 bridgehead atoms. The van der Waals surface area contributed by atoms with Crippen molar-refractivity contribution in [1.29, 1.82) is 0 Å². The molecule has 5 nitrogen and oxygen atoms in total. The van der Waals surface area contributed by atoms with Crippen LogP contribution in [0, 0.1) is 6.92 Å². The molecule has 21 heavy (non-hydrogen) atoms. The number of nitrogens with one attached hydrogen (secondary N) is 1. The van der Waals surface area contributed by atoms with Gasteiger partial charge in [-0.1, -0.05) is 35.0 Å². The van der Waals surface area contributed by atoms with Gasteiger partial charge in [0.2, 0.25) is 0 Å². The van der Waals surface area contributed by atoms with Gasteiger partial charge in [-0.3, -0.25) is 4.72 Å². The van der Waals surface area contributed by atoms with E-state index in [1.54, 1.807) is 55.5 Å². The number of benzene rings is 2. The summed E-state index contributed by atoms with van der Waals surface area (Å²) in [5, 5.41) is 11.8. The molecule has 0 aliphatic heterocycles. The summed E-state index contributed by atoms with van der Waals surface area (Å²) in [5.74, 6) is 0. The predicted octanol–water partition coefficient (Wildman–Crippen LogP) is 2.99. The van der Waals surface area contributed by atoms with E-state index in [4.69, 9.17) is 5.21 Å². The van der Waals surface area contributed by atoms with Crippen molar-refractivity contribution in [2.24, 2.45) is 5.16 Å². The summed E-state index contributed by atoms with van der Waals surface area (Å²) in [5.41, 5.74) is 2.63. The minimum Gasteiger partial charge on any atom is -0.411 e. The lowest BCUT2D eigenvalue weighted by Gasteiger charge is -2.09. The zero-order valence-corrected chi connectivity index (χ0v) is 12.6. The molecule has 2 aromatic carbocycles. The van der Waals surface area contributed by atoms with Crippen molar-refractivity contribution in [3.05, 3.63) is 59.7 Å². The fourth-order valence-corrected chi connectivity index (χ4v) is 2.83. The Hall–Kier alpha value is -2.34. The lowest BCUT2D eigenvalue weighted by Crippen LogP contribution is -2.13. The average Bonchev–Trinajstić information content (AvgIpc) is 2.47. The van der Waals surface area contributed by atoms with Crippen LogP contribution in [0.5, 0.6) is 0 Å². The van der Waals surface area contributed by atoms with Crippen LogP contribution in [0.2, 0.25) is 0 Å². The van der Waals surface area contributed by atoms with E-state index in [-0.39, 0.29) is 4.90 Å². The monoisotopic (exact) mass is 304 g/mol. The highest BCUT2D eigenvalue weighted by Crippen LogP contribution is 2.17. The molecule has 0 saturated heterocycles. The van der Waals surface area contributed by atoms with E-state index in [1.807, 2.05) is 6.92 Å². The van der Waals surface area contributed by atoms with Gasteiger partial charge in [-0.25, -0.2) is 8.42 Å². The standard InChI is InChI=1S/C15H16N2O3S/c1-11-3-9-15(10-4-11)21(19,20)17-14-7-5-13(6-8-14)12(2)16-18/h3-10,17-18H,1-2H3. The molecule has 0 fully saturated rings. The van der Waals surface area contributed by atoms with Gasteiger partial charge in [-0.2, -0.15) is 0 Å². The molecule has 0 aromatic heterocycles. The molecule has 2 N–H and O–H groups in total. The Morgan fingerprint density at radius 2 is 1.62 bits per heavy atom. The maximum atomic E-state index is 12.2. The maximum Gasteiger partial charge on any atom is 0.261 e. The van der Waals surface area contributed by atoms with Gasteiger partial charge in [0.05, 0.1) is 10.6 Å². The van der Waals surface area contributed by atoms with Crippen LogP contribution in [0.15, 0.2) is 58.6 Å². The Morgan fingerprint density at radius 1 is 1.05 bits per heavy atom. The van der Waals surface area contributed by atoms with Crippen LogP contribution < -0.4 is 4.72 Å². The third kappa shape index (κ3) is 3.61. The Balaban J connectivity index is 2.23. The molecule has 0 saturated carbocycles. The molecule has 0 atom stereocenters. The number of oxime groups is 1. The van der Waals surface area contributed by atoms with Gasteiger partial charge in [0.1, 0.15) is 0 Å². The number of aryl methyl sites for hydroxylation is 1. The number of rotatable bonds is 4. The molecule has 110 valence electrons. The maximum absolute atomic E-state index is 12.2. The number of hydrogen-bond donors (Lipinski definition) is 2. The highest BCUT2D eigenvalue weighted by atomic mass is 32.2. The van der Waals surface area contributed by atoms with Crippen LogP contribution in [0.3, 0.4) is 0 Å². The SMILES string of the molecule is CC(=NO)c1ccc(NS(=O)(=O)c2ccc(C)cc2)cc1. The second kappa shape index (κ2) is 5.97. The minimum atomic E-state index is -3.60. The van der Waals surface area contributed by atoms with Gasteiger partial charge >= 0.3 is 0 Å². The largest absolute Gasteiger partial charge is 0.411 e. The molecule has 0 spiro atoms. The first-order valence-corrected chi connectivity index (χ1v) is 7.79. The summed E-state index contributed by atoms with van der Waals surface area (Å²) in [4.78, 5) is 0.213. The molecular weight excluding hydrogens is 288 g/mol. The average molecular weight is 304 g/mol. The fraction of sp³-hybridized carbons (Fsp3) is 0.133. The van der Waals surface area contributed by atoms with E-state index in [1.165, 1.54) is 0 Å². The Kier molecular flexibility index (Phi) is 4.28. The van der Waals surface area contributed by atoms with Gasteiger partial charge in [0.25, 0.3) is 10.0 Å². The molecule has 2 aromatic rings. The second-order valence-corrected chi connectivity index (χ2v) is 6.36. The zero-order chi connectivity index (χ0) is 15.5. The second-order valence-electron chi connectivity index (χ2n) is 4.68. The number of anilines is 1. The number of nitrogens with zero attached hydrogens (tertiary/aromatic N) is 1. The van der Waals surface area contributed by atoms with Crippen molar-refractivity contribution in [2.45, 2.75) is 18.7 Å². The molecular formula is C15H16N2O3S. The van der Waals surface area contributed by atoms with E-state index >= 15 is 0 Å². The van der Waals surface area contributed by atoms with Gasteiger partial charge in [0, 0.05) is 5.69 Å². The predicted molar refractivity (Wildman–Crippen MR) is 82.4 cm³/mol. The smallest absolute Gasteiger partial charge is 0.261 e. The Morgan fingerprint density at radius 3 is 2.14 bits per heavy atom. The Bertz CT molecular complexity index is 749. The van der Waals surface area contributed by atoms with Crippen LogP contribution in [0.1, 0.15) is 18.1 Å². The van der Waals surface area contributed by atoms with Crippen molar-refractivity contribution in [1.82, 2.24) is 0 Å². The van der Waals surface area contributed by atoms with Gasteiger partial charge in [0.15, 0.2) is 0 Å². The lowest BCUT2D eigenvalue weighted by molar-refractivity contribution is 0.319.